The molecule has 0 spiro atoms. The molecule has 0 fully saturated rings. The second-order valence-electron chi connectivity index (χ2n) is 4.68. The van der Waals surface area contributed by atoms with Gasteiger partial charge >= 0.3 is 11.9 Å². The minimum absolute atomic E-state index is 0.244. The van der Waals surface area contributed by atoms with E-state index < -0.39 is 11.9 Å². The summed E-state index contributed by atoms with van der Waals surface area (Å²) in [5.41, 5.74) is 1.31. The van der Waals surface area contributed by atoms with Gasteiger partial charge < -0.3 is 14.2 Å². The van der Waals surface area contributed by atoms with Crippen molar-refractivity contribution in [2.75, 3.05) is 13.7 Å². The molecule has 1 unspecified atom stereocenters. The van der Waals surface area contributed by atoms with Gasteiger partial charge in [-0.05, 0) is 24.6 Å². The Kier molecular flexibility index (Phi) is 6.89. The maximum atomic E-state index is 11.3. The van der Waals surface area contributed by atoms with Crippen LogP contribution < -0.4 is 4.74 Å². The van der Waals surface area contributed by atoms with E-state index in [9.17, 15) is 9.59 Å². The highest BCUT2D eigenvalue weighted by Gasteiger charge is 2.09. The molecule has 0 aliphatic heterocycles. The van der Waals surface area contributed by atoms with Crippen molar-refractivity contribution >= 4 is 11.9 Å². The van der Waals surface area contributed by atoms with Gasteiger partial charge in [0.05, 0.1) is 7.11 Å². The molecule has 5 heteroatoms. The number of rotatable bonds is 8. The molecule has 0 aromatic heterocycles. The minimum atomic E-state index is -0.479. The van der Waals surface area contributed by atoms with E-state index >= 15 is 0 Å². The first-order valence-corrected chi connectivity index (χ1v) is 6.77. The first-order chi connectivity index (χ1) is 10.5. The van der Waals surface area contributed by atoms with E-state index in [4.69, 9.17) is 9.47 Å². The van der Waals surface area contributed by atoms with Crippen LogP contribution in [0, 0.1) is 0 Å². The Morgan fingerprint density at radius 1 is 1.27 bits per heavy atom. The summed E-state index contributed by atoms with van der Waals surface area (Å²) in [4.78, 5) is 22.3. The normalized spacial score (nSPS) is 11.2. The van der Waals surface area contributed by atoms with Crippen LogP contribution in [-0.4, -0.2) is 31.8 Å². The van der Waals surface area contributed by atoms with E-state index in [1.165, 1.54) is 7.11 Å². The third kappa shape index (κ3) is 5.83. The zero-order chi connectivity index (χ0) is 16.5. The Bertz CT molecular complexity index is 545. The third-order valence-electron chi connectivity index (χ3n) is 2.78. The summed E-state index contributed by atoms with van der Waals surface area (Å²) in [5.74, 6) is -0.250. The Labute approximate surface area is 130 Å². The molecule has 0 aliphatic rings. The summed E-state index contributed by atoms with van der Waals surface area (Å²) in [7, 11) is 1.32. The summed E-state index contributed by atoms with van der Waals surface area (Å²) in [6.07, 6.45) is 1.16. The smallest absolute Gasteiger partial charge is 0.333 e. The maximum Gasteiger partial charge on any atom is 0.333 e. The number of ether oxygens (including phenoxy) is 3. The maximum absolute atomic E-state index is 11.3. The zero-order valence-electron chi connectivity index (χ0n) is 12.8. The molecule has 1 aromatic carbocycles. The van der Waals surface area contributed by atoms with Gasteiger partial charge in [-0.3, -0.25) is 0 Å². The molecule has 0 bridgehead atoms. The number of hydrogen-bond donors (Lipinski definition) is 0. The van der Waals surface area contributed by atoms with Crippen molar-refractivity contribution in [3.05, 3.63) is 54.6 Å². The number of benzene rings is 1. The molecule has 5 nitrogen and oxygen atoms in total. The SMILES string of the molecule is C=CC(=O)OC(C)COc1ccc(CC(=C)C(=O)OC)cc1. The lowest BCUT2D eigenvalue weighted by Gasteiger charge is -2.13. The van der Waals surface area contributed by atoms with Crippen molar-refractivity contribution in [1.29, 1.82) is 0 Å². The van der Waals surface area contributed by atoms with Gasteiger partial charge in [-0.2, -0.15) is 0 Å². The fourth-order valence-electron chi connectivity index (χ4n) is 1.66. The summed E-state index contributed by atoms with van der Waals surface area (Å²) >= 11 is 0. The molecule has 0 heterocycles. The Morgan fingerprint density at radius 2 is 1.91 bits per heavy atom. The molecule has 0 amide bonds. The highest BCUT2D eigenvalue weighted by Crippen LogP contribution is 2.15. The average molecular weight is 304 g/mol. The standard InChI is InChI=1S/C17H20O5/c1-5-16(18)22-13(3)11-21-15-8-6-14(7-9-15)10-12(2)17(19)20-4/h5-9,13H,1-2,10-11H2,3-4H3. The second-order valence-corrected chi connectivity index (χ2v) is 4.68. The monoisotopic (exact) mass is 304 g/mol. The van der Waals surface area contributed by atoms with Gasteiger partial charge in [0.2, 0.25) is 0 Å². The third-order valence-corrected chi connectivity index (χ3v) is 2.78. The number of carbonyl (C=O) groups is 2. The fourth-order valence-corrected chi connectivity index (χ4v) is 1.66. The van der Waals surface area contributed by atoms with Crippen LogP contribution in [0.2, 0.25) is 0 Å². The fraction of sp³-hybridized carbons (Fsp3) is 0.294. The topological polar surface area (TPSA) is 61.8 Å². The predicted octanol–water partition coefficient (Wildman–Crippen LogP) is 2.45. The molecule has 118 valence electrons. The number of hydrogen-bond acceptors (Lipinski definition) is 5. The Balaban J connectivity index is 2.48. The van der Waals surface area contributed by atoms with Crippen molar-refractivity contribution in [2.24, 2.45) is 0 Å². The number of carbonyl (C=O) groups excluding carboxylic acids is 2. The van der Waals surface area contributed by atoms with Crippen LogP contribution in [-0.2, 0) is 25.5 Å². The highest BCUT2D eigenvalue weighted by atomic mass is 16.6. The van der Waals surface area contributed by atoms with Crippen LogP contribution in [0.5, 0.6) is 5.75 Å². The van der Waals surface area contributed by atoms with E-state index in [0.717, 1.165) is 11.6 Å². The van der Waals surface area contributed by atoms with Gasteiger partial charge in [0.1, 0.15) is 18.5 Å². The lowest BCUT2D eigenvalue weighted by atomic mass is 10.1. The summed E-state index contributed by atoms with van der Waals surface area (Å²) in [6.45, 7) is 8.98. The predicted molar refractivity (Wildman–Crippen MR) is 82.5 cm³/mol. The summed E-state index contributed by atoms with van der Waals surface area (Å²) in [5, 5.41) is 0. The average Bonchev–Trinajstić information content (AvgIpc) is 2.53. The molecule has 0 saturated carbocycles. The molecular formula is C17H20O5. The van der Waals surface area contributed by atoms with Crippen LogP contribution in [0.15, 0.2) is 49.1 Å². The van der Waals surface area contributed by atoms with Crippen LogP contribution in [0.4, 0.5) is 0 Å². The molecule has 0 N–H and O–H groups in total. The minimum Gasteiger partial charge on any atom is -0.490 e. The quantitative estimate of drug-likeness (QED) is 0.545. The van der Waals surface area contributed by atoms with Crippen LogP contribution >= 0.6 is 0 Å². The largest absolute Gasteiger partial charge is 0.490 e. The number of esters is 2. The van der Waals surface area contributed by atoms with Gasteiger partial charge in [-0.25, -0.2) is 9.59 Å². The van der Waals surface area contributed by atoms with E-state index in [1.54, 1.807) is 19.1 Å². The first kappa shape index (κ1) is 17.5. The van der Waals surface area contributed by atoms with Gasteiger partial charge in [0.25, 0.3) is 0 Å². The lowest BCUT2D eigenvalue weighted by Crippen LogP contribution is -2.20. The van der Waals surface area contributed by atoms with Crippen molar-refractivity contribution in [2.45, 2.75) is 19.4 Å². The molecular weight excluding hydrogens is 284 g/mol. The lowest BCUT2D eigenvalue weighted by molar-refractivity contribution is -0.143. The molecule has 0 saturated heterocycles. The summed E-state index contributed by atoms with van der Waals surface area (Å²) < 4.78 is 15.1. The van der Waals surface area contributed by atoms with E-state index in [-0.39, 0.29) is 12.7 Å². The second kappa shape index (κ2) is 8.67. The van der Waals surface area contributed by atoms with E-state index in [2.05, 4.69) is 17.9 Å². The van der Waals surface area contributed by atoms with Crippen molar-refractivity contribution in [3.63, 3.8) is 0 Å². The van der Waals surface area contributed by atoms with Gasteiger partial charge in [0, 0.05) is 18.1 Å². The van der Waals surface area contributed by atoms with E-state index in [1.807, 2.05) is 12.1 Å². The summed E-state index contributed by atoms with van der Waals surface area (Å²) in [6, 6.07) is 7.23. The molecule has 0 aliphatic carbocycles. The Morgan fingerprint density at radius 3 is 2.45 bits per heavy atom. The molecule has 1 atom stereocenters. The molecule has 0 radical (unpaired) electrons. The van der Waals surface area contributed by atoms with Crippen LogP contribution in [0.1, 0.15) is 12.5 Å². The highest BCUT2D eigenvalue weighted by molar-refractivity contribution is 5.88. The zero-order valence-corrected chi connectivity index (χ0v) is 12.8. The molecule has 1 rings (SSSR count). The van der Waals surface area contributed by atoms with Crippen molar-refractivity contribution < 1.29 is 23.8 Å². The first-order valence-electron chi connectivity index (χ1n) is 6.77. The van der Waals surface area contributed by atoms with Gasteiger partial charge in [0.15, 0.2) is 0 Å². The number of methoxy groups -OCH3 is 1. The molecule has 1 aromatic rings. The van der Waals surface area contributed by atoms with Crippen LogP contribution in [0.3, 0.4) is 0 Å². The Hall–Kier alpha value is -2.56. The molecule has 22 heavy (non-hydrogen) atoms. The van der Waals surface area contributed by atoms with E-state index in [0.29, 0.717) is 17.7 Å². The van der Waals surface area contributed by atoms with Gasteiger partial charge in [-0.1, -0.05) is 25.3 Å². The van der Waals surface area contributed by atoms with Crippen LogP contribution in [0.25, 0.3) is 0 Å². The van der Waals surface area contributed by atoms with Crippen molar-refractivity contribution in [3.8, 4) is 5.75 Å². The van der Waals surface area contributed by atoms with Gasteiger partial charge in [-0.15, -0.1) is 0 Å². The van der Waals surface area contributed by atoms with Crippen molar-refractivity contribution in [1.82, 2.24) is 0 Å².